The molecule has 1 aliphatic rings. The summed E-state index contributed by atoms with van der Waals surface area (Å²) in [5, 5.41) is 2.57. The molecule has 0 bridgehead atoms. The second-order valence-electron chi connectivity index (χ2n) is 6.95. The lowest BCUT2D eigenvalue weighted by Gasteiger charge is -2.32. The van der Waals surface area contributed by atoms with E-state index >= 15 is 0 Å². The van der Waals surface area contributed by atoms with Gasteiger partial charge in [-0.2, -0.15) is 0 Å². The summed E-state index contributed by atoms with van der Waals surface area (Å²) < 4.78 is 5.16. The van der Waals surface area contributed by atoms with Gasteiger partial charge in [-0.3, -0.25) is 14.4 Å². The molecule has 2 amide bonds. The van der Waals surface area contributed by atoms with Crippen LogP contribution in [0.25, 0.3) is 6.08 Å². The third-order valence-corrected chi connectivity index (χ3v) is 3.70. The van der Waals surface area contributed by atoms with Gasteiger partial charge >= 0.3 is 5.97 Å². The van der Waals surface area contributed by atoms with E-state index in [1.165, 1.54) is 11.8 Å². The van der Waals surface area contributed by atoms with Crippen LogP contribution in [0.4, 0.5) is 0 Å². The van der Waals surface area contributed by atoms with Crippen LogP contribution in [0.2, 0.25) is 0 Å². The highest BCUT2D eigenvalue weighted by atomic mass is 16.6. The zero-order valence-electron chi connectivity index (χ0n) is 15.0. The maximum atomic E-state index is 12.3. The molecule has 0 aliphatic carbocycles. The zero-order valence-corrected chi connectivity index (χ0v) is 15.0. The van der Waals surface area contributed by atoms with Gasteiger partial charge in [0.1, 0.15) is 12.1 Å². The van der Waals surface area contributed by atoms with Gasteiger partial charge in [0, 0.05) is 13.1 Å². The van der Waals surface area contributed by atoms with Gasteiger partial charge in [-0.1, -0.05) is 24.3 Å². The highest BCUT2D eigenvalue weighted by Crippen LogP contribution is 2.32. The number of carbonyl (C=O) groups excluding carboxylic acids is 3. The zero-order chi connectivity index (χ0) is 18.6. The van der Waals surface area contributed by atoms with Crippen LogP contribution in [0, 0.1) is 0 Å². The number of rotatable bonds is 4. The highest BCUT2D eigenvalue weighted by Gasteiger charge is 2.28. The van der Waals surface area contributed by atoms with Crippen molar-refractivity contribution < 1.29 is 19.1 Å². The van der Waals surface area contributed by atoms with Gasteiger partial charge in [0.2, 0.25) is 11.8 Å². The molecule has 1 heterocycles. The maximum absolute atomic E-state index is 12.3. The quantitative estimate of drug-likeness (QED) is 0.851. The average Bonchev–Trinajstić information content (AvgIpc) is 2.51. The number of nitrogens with one attached hydrogen (secondary N) is 1. The predicted molar refractivity (Wildman–Crippen MR) is 94.2 cm³/mol. The van der Waals surface area contributed by atoms with Crippen LogP contribution in [0.1, 0.15) is 51.3 Å². The summed E-state index contributed by atoms with van der Waals surface area (Å²) in [5.41, 5.74) is 1.29. The molecule has 1 aromatic rings. The van der Waals surface area contributed by atoms with Crippen molar-refractivity contribution in [1.29, 1.82) is 0 Å². The van der Waals surface area contributed by atoms with Gasteiger partial charge in [0.15, 0.2) is 0 Å². The Kier molecular flexibility index (Phi) is 5.62. The molecule has 0 radical (unpaired) electrons. The number of fused-ring (bicyclic) bond motifs is 1. The predicted octanol–water partition coefficient (Wildman–Crippen LogP) is 2.41. The molecule has 0 fully saturated rings. The second-order valence-corrected chi connectivity index (χ2v) is 6.95. The van der Waals surface area contributed by atoms with Crippen molar-refractivity contribution in [2.45, 2.75) is 45.8 Å². The largest absolute Gasteiger partial charge is 0.459 e. The summed E-state index contributed by atoms with van der Waals surface area (Å²) in [6.07, 6.45) is 3.62. The van der Waals surface area contributed by atoms with Crippen molar-refractivity contribution in [2.24, 2.45) is 0 Å². The Morgan fingerprint density at radius 1 is 1.20 bits per heavy atom. The molecule has 6 heteroatoms. The number of benzene rings is 1. The topological polar surface area (TPSA) is 75.7 Å². The normalized spacial score (nSPS) is 16.2. The Morgan fingerprint density at radius 3 is 2.52 bits per heavy atom. The molecular weight excluding hydrogens is 320 g/mol. The number of amides is 2. The van der Waals surface area contributed by atoms with Crippen LogP contribution >= 0.6 is 0 Å². The van der Waals surface area contributed by atoms with Crippen molar-refractivity contribution in [2.75, 3.05) is 6.54 Å². The summed E-state index contributed by atoms with van der Waals surface area (Å²) in [7, 11) is 0. The molecular formula is C19H24N2O4. The smallest absolute Gasteiger partial charge is 0.325 e. The van der Waals surface area contributed by atoms with E-state index in [0.29, 0.717) is 0 Å². The number of ether oxygens (including phenoxy) is 1. The minimum absolute atomic E-state index is 0.0731. The summed E-state index contributed by atoms with van der Waals surface area (Å²) in [6.45, 7) is 6.57. The van der Waals surface area contributed by atoms with Crippen molar-refractivity contribution >= 4 is 23.9 Å². The van der Waals surface area contributed by atoms with Crippen LogP contribution in [-0.4, -0.2) is 34.8 Å². The van der Waals surface area contributed by atoms with Gasteiger partial charge in [-0.25, -0.2) is 0 Å². The van der Waals surface area contributed by atoms with Crippen LogP contribution < -0.4 is 5.32 Å². The first-order valence-electron chi connectivity index (χ1n) is 8.22. The second kappa shape index (κ2) is 7.51. The van der Waals surface area contributed by atoms with Gasteiger partial charge in [-0.05, 0) is 38.0 Å². The molecule has 25 heavy (non-hydrogen) atoms. The Balaban J connectivity index is 2.03. The molecule has 1 N–H and O–H groups in total. The molecule has 2 rings (SSSR count). The molecule has 0 spiro atoms. The van der Waals surface area contributed by atoms with Crippen LogP contribution in [0.15, 0.2) is 30.5 Å². The van der Waals surface area contributed by atoms with Crippen LogP contribution in [0.5, 0.6) is 0 Å². The van der Waals surface area contributed by atoms with E-state index in [1.807, 2.05) is 30.3 Å². The number of carbonyl (C=O) groups is 3. The molecule has 1 atom stereocenters. The van der Waals surface area contributed by atoms with E-state index in [-0.39, 0.29) is 24.8 Å². The first kappa shape index (κ1) is 18.7. The lowest BCUT2D eigenvalue weighted by atomic mass is 9.93. The third-order valence-electron chi connectivity index (χ3n) is 3.70. The molecule has 1 aromatic carbocycles. The SMILES string of the molecule is CC(=O)N1C=Cc2ccccc2[C@H]1CC(=O)NCC(=O)OC(C)(C)C. The van der Waals surface area contributed by atoms with E-state index in [0.717, 1.165) is 11.1 Å². The van der Waals surface area contributed by atoms with Gasteiger partial charge in [0.05, 0.1) is 12.5 Å². The van der Waals surface area contributed by atoms with Crippen molar-refractivity contribution in [3.8, 4) is 0 Å². The Labute approximate surface area is 147 Å². The maximum Gasteiger partial charge on any atom is 0.325 e. The summed E-state index contributed by atoms with van der Waals surface area (Å²) in [4.78, 5) is 37.4. The first-order chi connectivity index (χ1) is 11.7. The molecule has 1 aliphatic heterocycles. The standard InChI is InChI=1S/C19H24N2O4/c1-13(22)21-10-9-14-7-5-6-8-15(14)16(21)11-17(23)20-12-18(24)25-19(2,3)4/h5-10,16H,11-12H2,1-4H3,(H,20,23)/t16-/m1/s1. The number of nitrogens with zero attached hydrogens (tertiary/aromatic N) is 1. The molecule has 0 aromatic heterocycles. The lowest BCUT2D eigenvalue weighted by Crippen LogP contribution is -2.38. The van der Waals surface area contributed by atoms with Crippen LogP contribution in [-0.2, 0) is 19.1 Å². The minimum atomic E-state index is -0.597. The lowest BCUT2D eigenvalue weighted by molar-refractivity contribution is -0.154. The van der Waals surface area contributed by atoms with Gasteiger partial charge < -0.3 is 15.0 Å². The van der Waals surface area contributed by atoms with Crippen molar-refractivity contribution in [1.82, 2.24) is 10.2 Å². The van der Waals surface area contributed by atoms with Gasteiger partial charge in [0.25, 0.3) is 0 Å². The van der Waals surface area contributed by atoms with E-state index in [2.05, 4.69) is 5.32 Å². The average molecular weight is 344 g/mol. The Bertz CT molecular complexity index is 704. The minimum Gasteiger partial charge on any atom is -0.459 e. The molecule has 0 saturated heterocycles. The molecule has 134 valence electrons. The summed E-state index contributed by atoms with van der Waals surface area (Å²) in [6, 6.07) is 7.24. The van der Waals surface area contributed by atoms with Gasteiger partial charge in [-0.15, -0.1) is 0 Å². The summed E-state index contributed by atoms with van der Waals surface area (Å²) in [5.74, 6) is -0.948. The molecule has 0 unspecified atom stereocenters. The fourth-order valence-corrected chi connectivity index (χ4v) is 2.71. The van der Waals surface area contributed by atoms with E-state index in [1.54, 1.807) is 27.0 Å². The monoisotopic (exact) mass is 344 g/mol. The fourth-order valence-electron chi connectivity index (χ4n) is 2.71. The van der Waals surface area contributed by atoms with E-state index < -0.39 is 17.6 Å². The molecule has 0 saturated carbocycles. The number of esters is 1. The Hall–Kier alpha value is -2.63. The highest BCUT2D eigenvalue weighted by molar-refractivity contribution is 5.84. The molecule has 6 nitrogen and oxygen atoms in total. The third kappa shape index (κ3) is 5.17. The number of hydrogen-bond donors (Lipinski definition) is 1. The fraction of sp³-hybridized carbons (Fsp3) is 0.421. The van der Waals surface area contributed by atoms with E-state index in [4.69, 9.17) is 4.74 Å². The van der Waals surface area contributed by atoms with Crippen molar-refractivity contribution in [3.63, 3.8) is 0 Å². The Morgan fingerprint density at radius 2 is 1.88 bits per heavy atom. The number of hydrogen-bond acceptors (Lipinski definition) is 4. The van der Waals surface area contributed by atoms with E-state index in [9.17, 15) is 14.4 Å². The van der Waals surface area contributed by atoms with Crippen LogP contribution in [0.3, 0.4) is 0 Å². The first-order valence-corrected chi connectivity index (χ1v) is 8.22. The summed E-state index contributed by atoms with van der Waals surface area (Å²) >= 11 is 0. The van der Waals surface area contributed by atoms with Crippen molar-refractivity contribution in [3.05, 3.63) is 41.6 Å².